The van der Waals surface area contributed by atoms with E-state index in [-0.39, 0.29) is 40.2 Å². The Kier molecular flexibility index (Phi) is 12.8. The molecule has 2 heterocycles. The lowest BCUT2D eigenvalue weighted by Gasteiger charge is -2.45. The molecule has 17 nitrogen and oxygen atoms in total. The fraction of sp³-hybridized carbons (Fsp3) is 0.324. The van der Waals surface area contributed by atoms with Gasteiger partial charge in [-0.1, -0.05) is 37.7 Å². The van der Waals surface area contributed by atoms with Gasteiger partial charge < -0.3 is 13.9 Å². The average molecular weight is 807 g/mol. The molecule has 19 heteroatoms. The number of ether oxygens (including phenoxy) is 2. The number of β-lactam (4-membered cyclic amide) rings is 1. The maximum atomic E-state index is 13.7. The highest BCUT2D eigenvalue weighted by Gasteiger charge is 2.57. The van der Waals surface area contributed by atoms with Crippen LogP contribution in [0.1, 0.15) is 61.2 Å². The van der Waals surface area contributed by atoms with E-state index in [1.165, 1.54) is 89.5 Å². The van der Waals surface area contributed by atoms with Crippen molar-refractivity contribution in [2.75, 3.05) is 7.11 Å². The van der Waals surface area contributed by atoms with E-state index in [2.05, 4.69) is 13.8 Å². The van der Waals surface area contributed by atoms with Gasteiger partial charge in [0.15, 0.2) is 9.76 Å². The highest BCUT2D eigenvalue weighted by molar-refractivity contribution is 8.09. The highest BCUT2D eigenvalue weighted by Crippen LogP contribution is 2.55. The maximum Gasteiger partial charge on any atom is 0.400 e. The number of nitro benzene ring substituents is 2. The summed E-state index contributed by atoms with van der Waals surface area (Å²) in [4.78, 5) is 93.6. The summed E-state index contributed by atoms with van der Waals surface area (Å²) < 4.78 is 16.8. The third-order valence-corrected chi connectivity index (χ3v) is 11.8. The van der Waals surface area contributed by atoms with Crippen molar-refractivity contribution < 1.29 is 52.6 Å². The van der Waals surface area contributed by atoms with Crippen LogP contribution in [-0.4, -0.2) is 77.3 Å². The molecule has 2 atom stereocenters. The molecular formula is C37H38N4O13SSi. The van der Waals surface area contributed by atoms with E-state index in [4.69, 9.17) is 18.7 Å². The number of fused-ring (bicyclic) bond motifs is 1. The first-order valence-corrected chi connectivity index (χ1v) is 19.5. The van der Waals surface area contributed by atoms with E-state index in [0.717, 1.165) is 7.11 Å². The van der Waals surface area contributed by atoms with Crippen LogP contribution in [0.3, 0.4) is 0 Å². The Morgan fingerprint density at radius 1 is 0.875 bits per heavy atom. The van der Waals surface area contributed by atoms with E-state index in [1.807, 2.05) is 13.8 Å². The van der Waals surface area contributed by atoms with Crippen LogP contribution in [0.25, 0.3) is 4.91 Å². The van der Waals surface area contributed by atoms with E-state index in [0.29, 0.717) is 33.6 Å². The Hall–Kier alpha value is -5.76. The molecule has 0 aromatic heterocycles. The number of carbonyl (C=O) groups is 5. The molecule has 0 radical (unpaired) electrons. The first-order valence-electron chi connectivity index (χ1n) is 17.2. The SMILES string of the molecule is CON(C(=O)C(=O)OCc1ccc([N+](=O)[O-])cc1)C(=O)c1ccc(C2=C(C(=O)OCc3ccc([N+](=O)[O-])cc3)N3C(=O)[C@H](CC(C)(C)O[SiH2]C(C)C)[C@H]3S2)cc1. The zero-order valence-electron chi connectivity index (χ0n) is 31.0. The Bertz CT molecular complexity index is 2070. The first kappa shape index (κ1) is 41.4. The molecule has 56 heavy (non-hydrogen) atoms. The molecule has 3 aromatic rings. The zero-order valence-corrected chi connectivity index (χ0v) is 33.2. The molecule has 3 aromatic carbocycles. The molecule has 2 aliphatic rings. The van der Waals surface area contributed by atoms with E-state index in [1.54, 1.807) is 0 Å². The van der Waals surface area contributed by atoms with Gasteiger partial charge in [-0.15, -0.1) is 5.06 Å². The van der Waals surface area contributed by atoms with Crippen LogP contribution in [0.4, 0.5) is 11.4 Å². The number of imide groups is 1. The van der Waals surface area contributed by atoms with Gasteiger partial charge in [-0.2, -0.15) is 0 Å². The summed E-state index contributed by atoms with van der Waals surface area (Å²) in [6, 6.07) is 16.3. The molecule has 1 saturated heterocycles. The second-order valence-corrected chi connectivity index (χ2v) is 17.2. The van der Waals surface area contributed by atoms with Gasteiger partial charge in [0.2, 0.25) is 5.91 Å². The number of nitrogens with zero attached hydrogens (tertiary/aromatic N) is 4. The van der Waals surface area contributed by atoms with Crippen molar-refractivity contribution in [3.8, 4) is 0 Å². The fourth-order valence-corrected chi connectivity index (χ4v) is 8.23. The summed E-state index contributed by atoms with van der Waals surface area (Å²) in [6.45, 7) is 7.42. The number of hydroxylamine groups is 2. The second kappa shape index (κ2) is 17.4. The minimum absolute atomic E-state index is 0.00183. The molecule has 294 valence electrons. The summed E-state index contributed by atoms with van der Waals surface area (Å²) >= 11 is 1.29. The van der Waals surface area contributed by atoms with E-state index in [9.17, 15) is 44.2 Å². The van der Waals surface area contributed by atoms with Gasteiger partial charge in [0.05, 0.1) is 33.8 Å². The molecule has 0 unspecified atom stereocenters. The van der Waals surface area contributed by atoms with Gasteiger partial charge in [-0.25, -0.2) is 9.59 Å². The van der Waals surface area contributed by atoms with Gasteiger partial charge in [0, 0.05) is 34.7 Å². The predicted molar refractivity (Wildman–Crippen MR) is 202 cm³/mol. The first-order chi connectivity index (χ1) is 26.5. The number of carbonyl (C=O) groups excluding carboxylic acids is 5. The Balaban J connectivity index is 1.33. The van der Waals surface area contributed by atoms with Gasteiger partial charge in [0.25, 0.3) is 17.3 Å². The summed E-state index contributed by atoms with van der Waals surface area (Å²) in [5, 5.41) is 21.7. The Morgan fingerprint density at radius 3 is 1.91 bits per heavy atom. The molecular weight excluding hydrogens is 769 g/mol. The summed E-state index contributed by atoms with van der Waals surface area (Å²) in [5.41, 5.74) is 0.782. The standard InChI is InChI=1S/C37H38N4O13SSi/c1-21(2)56-54-37(3,4)18-28-32(43)38-29(35(45)52-19-22-6-14-26(15-7-22)40(47)48)30(55-34(28)38)24-10-12-25(13-11-24)31(42)39(51-5)33(44)36(46)53-20-23-8-16-27(17-9-23)41(49)50/h6-17,21,28,34H,18-20,56H2,1-5H3/t28-,34+/m0/s1. The largest absolute Gasteiger partial charge is 0.456 e. The van der Waals surface area contributed by atoms with Gasteiger partial charge >= 0.3 is 17.8 Å². The monoisotopic (exact) mass is 806 g/mol. The normalized spacial score (nSPS) is 16.5. The third kappa shape index (κ3) is 9.36. The van der Waals surface area contributed by atoms with Crippen LogP contribution in [-0.2, 0) is 51.1 Å². The van der Waals surface area contributed by atoms with Crippen LogP contribution in [0, 0.1) is 26.1 Å². The molecule has 0 aliphatic carbocycles. The van der Waals surface area contributed by atoms with Crippen molar-refractivity contribution in [1.29, 1.82) is 0 Å². The summed E-state index contributed by atoms with van der Waals surface area (Å²) in [7, 11) is 0.169. The molecule has 1 fully saturated rings. The summed E-state index contributed by atoms with van der Waals surface area (Å²) in [5.74, 6) is -5.38. The number of esters is 2. The van der Waals surface area contributed by atoms with Crippen LogP contribution in [0.5, 0.6) is 0 Å². The van der Waals surface area contributed by atoms with Gasteiger partial charge in [0.1, 0.15) is 18.9 Å². The molecule has 3 amide bonds. The molecule has 0 N–H and O–H groups in total. The van der Waals surface area contributed by atoms with Crippen molar-refractivity contribution in [3.63, 3.8) is 0 Å². The molecule has 2 aliphatic heterocycles. The topological polar surface area (TPSA) is 215 Å². The number of rotatable bonds is 15. The minimum Gasteiger partial charge on any atom is -0.456 e. The summed E-state index contributed by atoms with van der Waals surface area (Å²) in [6.07, 6.45) is 0.419. The van der Waals surface area contributed by atoms with Crippen molar-refractivity contribution in [2.45, 2.75) is 63.8 Å². The maximum absolute atomic E-state index is 13.7. The van der Waals surface area contributed by atoms with Gasteiger partial charge in [-0.3, -0.25) is 44.3 Å². The quantitative estimate of drug-likeness (QED) is 0.0503. The Labute approximate surface area is 327 Å². The number of nitro groups is 2. The predicted octanol–water partition coefficient (Wildman–Crippen LogP) is 4.82. The number of non-ortho nitro benzene ring substituents is 2. The lowest BCUT2D eigenvalue weighted by molar-refractivity contribution is -0.385. The second-order valence-electron chi connectivity index (χ2n) is 13.8. The van der Waals surface area contributed by atoms with Crippen molar-refractivity contribution in [3.05, 3.63) is 121 Å². The van der Waals surface area contributed by atoms with Crippen LogP contribution >= 0.6 is 11.8 Å². The van der Waals surface area contributed by atoms with Crippen molar-refractivity contribution in [2.24, 2.45) is 5.92 Å². The van der Waals surface area contributed by atoms with Crippen molar-refractivity contribution in [1.82, 2.24) is 9.96 Å². The number of hydrogen-bond acceptors (Lipinski definition) is 14. The number of amides is 3. The van der Waals surface area contributed by atoms with Gasteiger partial charge in [-0.05, 0) is 78.9 Å². The molecule has 0 saturated carbocycles. The number of benzene rings is 3. The van der Waals surface area contributed by atoms with E-state index < -0.39 is 66.9 Å². The fourth-order valence-electron chi connectivity index (χ4n) is 5.82. The molecule has 0 bridgehead atoms. The lowest BCUT2D eigenvalue weighted by Crippen LogP contribution is -2.59. The van der Waals surface area contributed by atoms with Crippen LogP contribution in [0.2, 0.25) is 5.54 Å². The number of thioether (sulfide) groups is 1. The van der Waals surface area contributed by atoms with Crippen LogP contribution < -0.4 is 0 Å². The smallest absolute Gasteiger partial charge is 0.400 e. The third-order valence-electron chi connectivity index (χ3n) is 8.71. The number of hydrogen-bond donors (Lipinski definition) is 0. The average Bonchev–Trinajstić information content (AvgIpc) is 3.54. The minimum atomic E-state index is -1.42. The van der Waals surface area contributed by atoms with Crippen molar-refractivity contribution >= 4 is 67.5 Å². The Morgan fingerprint density at radius 2 is 1.41 bits per heavy atom. The zero-order chi connectivity index (χ0) is 40.9. The van der Waals surface area contributed by atoms with Crippen LogP contribution in [0.15, 0.2) is 78.5 Å². The molecule has 0 spiro atoms. The van der Waals surface area contributed by atoms with E-state index >= 15 is 0 Å². The molecule has 5 rings (SSSR count). The lowest BCUT2D eigenvalue weighted by atomic mass is 9.86. The highest BCUT2D eigenvalue weighted by atomic mass is 32.2.